The summed E-state index contributed by atoms with van der Waals surface area (Å²) in [7, 11) is -6.63. The Morgan fingerprint density at radius 2 is 1.42 bits per heavy atom. The van der Waals surface area contributed by atoms with E-state index >= 15 is 0 Å². The lowest BCUT2D eigenvalue weighted by atomic mass is 9.98. The highest BCUT2D eigenvalue weighted by Crippen LogP contribution is 2.34. The van der Waals surface area contributed by atoms with Gasteiger partial charge in [0.1, 0.15) is 0 Å². The van der Waals surface area contributed by atoms with Crippen molar-refractivity contribution in [1.29, 1.82) is 0 Å². The summed E-state index contributed by atoms with van der Waals surface area (Å²) in [6, 6.07) is 20.7. The van der Waals surface area contributed by atoms with Crippen LogP contribution in [0.15, 0.2) is 66.7 Å². The molecule has 1 heterocycles. The molecule has 0 atom stereocenters. The average molecular weight is 453 g/mol. The lowest BCUT2D eigenvalue weighted by molar-refractivity contribution is 0.596. The molecule has 0 spiro atoms. The van der Waals surface area contributed by atoms with Gasteiger partial charge in [0.15, 0.2) is 9.84 Å². The van der Waals surface area contributed by atoms with Crippen LogP contribution in [0.25, 0.3) is 32.9 Å². The maximum Gasteiger partial charge on any atom is 0.154 e. The number of aromatic nitrogens is 1. The summed E-state index contributed by atoms with van der Waals surface area (Å²) in [5.74, 6) is -0.144. The van der Waals surface area contributed by atoms with Crippen LogP contribution < -0.4 is 0 Å². The third kappa shape index (κ3) is 4.78. The van der Waals surface area contributed by atoms with Crippen molar-refractivity contribution >= 4 is 41.3 Å². The molecule has 0 amide bonds. The van der Waals surface area contributed by atoms with Gasteiger partial charge in [0.25, 0.3) is 0 Å². The van der Waals surface area contributed by atoms with E-state index in [0.717, 1.165) is 27.4 Å². The van der Waals surface area contributed by atoms with E-state index in [2.05, 4.69) is 6.26 Å². The molecule has 5 nitrogen and oxygen atoms in total. The molecule has 0 unspecified atom stereocenters. The van der Waals surface area contributed by atoms with Gasteiger partial charge in [-0.15, -0.1) is 0 Å². The first-order valence-corrected chi connectivity index (χ1v) is 13.5. The normalized spacial score (nSPS) is 12.5. The fourth-order valence-electron chi connectivity index (χ4n) is 3.70. The molecule has 0 fully saturated rings. The van der Waals surface area contributed by atoms with Gasteiger partial charge in [0, 0.05) is 37.7 Å². The first kappa shape index (κ1) is 21.5. The molecule has 1 aromatic heterocycles. The van der Waals surface area contributed by atoms with Gasteiger partial charge in [-0.25, -0.2) is 19.7 Å². The molecule has 0 saturated heterocycles. The Balaban J connectivity index is 2.01. The highest BCUT2D eigenvalue weighted by atomic mass is 32.2. The molecule has 0 N–H and O–H groups in total. The van der Waals surface area contributed by atoms with Crippen molar-refractivity contribution in [1.82, 2.24) is 4.98 Å². The Morgan fingerprint density at radius 1 is 0.774 bits per heavy atom. The minimum atomic E-state index is -3.44. The monoisotopic (exact) mass is 452 g/mol. The molecular weight excluding hydrogens is 430 g/mol. The van der Waals surface area contributed by atoms with Crippen molar-refractivity contribution in [2.75, 3.05) is 5.75 Å². The molecule has 4 aromatic rings. The summed E-state index contributed by atoms with van der Waals surface area (Å²) in [4.78, 5) is 4.85. The molecule has 0 aliphatic heterocycles. The number of nitrogens with zero attached hydrogens (tertiary/aromatic N) is 1. The number of hydrogen-bond acceptors (Lipinski definition) is 5. The maximum absolute atomic E-state index is 12.2. The molecule has 31 heavy (non-hydrogen) atoms. The standard InChI is InChI=1S/C24H22NO4S2/c1-3-31(28,29)16-18-9-11-20-21(13-18)22-14-17(15-30(2,26)27)10-12-23(22)25-24(20)19-7-5-4-6-8-19/h4-14H,2-3,15-16H2,1H3/q-1. The number of sulfone groups is 2. The van der Waals surface area contributed by atoms with E-state index in [0.29, 0.717) is 16.6 Å². The minimum absolute atomic E-state index is 0.0448. The second-order valence-corrected chi connectivity index (χ2v) is 11.8. The smallest absolute Gasteiger partial charge is 0.154 e. The fourth-order valence-corrected chi connectivity index (χ4v) is 5.28. The third-order valence-corrected chi connectivity index (χ3v) is 7.61. The first-order chi connectivity index (χ1) is 14.6. The molecule has 0 aliphatic rings. The molecule has 0 bridgehead atoms. The highest BCUT2D eigenvalue weighted by molar-refractivity contribution is 7.91. The Kier molecular flexibility index (Phi) is 5.58. The van der Waals surface area contributed by atoms with Crippen LogP contribution in [0.1, 0.15) is 18.1 Å². The van der Waals surface area contributed by atoms with Gasteiger partial charge in [-0.05, 0) is 34.7 Å². The molecule has 7 heteroatoms. The summed E-state index contributed by atoms with van der Waals surface area (Å²) in [5.41, 5.74) is 3.77. The summed E-state index contributed by atoms with van der Waals surface area (Å²) < 4.78 is 47.7. The van der Waals surface area contributed by atoms with Crippen molar-refractivity contribution < 1.29 is 16.8 Å². The van der Waals surface area contributed by atoms with E-state index in [1.807, 2.05) is 48.5 Å². The zero-order chi connectivity index (χ0) is 22.2. The zero-order valence-electron chi connectivity index (χ0n) is 17.1. The zero-order valence-corrected chi connectivity index (χ0v) is 18.7. The molecule has 4 rings (SSSR count). The topological polar surface area (TPSA) is 81.2 Å². The second-order valence-electron chi connectivity index (χ2n) is 7.62. The van der Waals surface area contributed by atoms with E-state index in [1.165, 1.54) is 0 Å². The van der Waals surface area contributed by atoms with Crippen LogP contribution in [-0.2, 0) is 31.2 Å². The predicted octanol–water partition coefficient (Wildman–Crippen LogP) is 4.70. The number of benzene rings is 3. The van der Waals surface area contributed by atoms with Crippen LogP contribution >= 0.6 is 0 Å². The first-order valence-electron chi connectivity index (χ1n) is 9.82. The van der Waals surface area contributed by atoms with Crippen molar-refractivity contribution in [2.24, 2.45) is 0 Å². The Hall–Kier alpha value is -2.77. The Bertz CT molecular complexity index is 1490. The van der Waals surface area contributed by atoms with Crippen molar-refractivity contribution in [3.8, 4) is 11.3 Å². The van der Waals surface area contributed by atoms with E-state index in [-0.39, 0.29) is 17.3 Å². The van der Waals surface area contributed by atoms with Crippen LogP contribution in [-0.4, -0.2) is 27.6 Å². The Labute approximate surface area is 182 Å². The number of pyridine rings is 1. The van der Waals surface area contributed by atoms with Crippen LogP contribution in [0.3, 0.4) is 0 Å². The summed E-state index contributed by atoms with van der Waals surface area (Å²) in [5, 5.41) is 2.51. The number of rotatable bonds is 6. The van der Waals surface area contributed by atoms with E-state index in [9.17, 15) is 16.8 Å². The van der Waals surface area contributed by atoms with Crippen LogP contribution in [0.5, 0.6) is 0 Å². The second kappa shape index (κ2) is 8.05. The minimum Gasteiger partial charge on any atom is -0.262 e. The highest BCUT2D eigenvalue weighted by Gasteiger charge is 2.14. The van der Waals surface area contributed by atoms with Gasteiger partial charge in [-0.1, -0.05) is 55.5 Å². The van der Waals surface area contributed by atoms with Crippen LogP contribution in [0, 0.1) is 6.26 Å². The fraction of sp³-hybridized carbons (Fsp3) is 0.167. The molecular formula is C24H22NO4S2-. The molecule has 160 valence electrons. The quantitative estimate of drug-likeness (QED) is 0.313. The third-order valence-electron chi connectivity index (χ3n) is 5.18. The summed E-state index contributed by atoms with van der Waals surface area (Å²) in [6.07, 6.45) is 3.22. The van der Waals surface area contributed by atoms with E-state index in [4.69, 9.17) is 4.98 Å². The Morgan fingerprint density at radius 3 is 2.10 bits per heavy atom. The summed E-state index contributed by atoms with van der Waals surface area (Å²) in [6.45, 7) is 1.63. The molecule has 0 saturated carbocycles. The lowest BCUT2D eigenvalue weighted by Gasteiger charge is -2.13. The van der Waals surface area contributed by atoms with Gasteiger partial charge >= 0.3 is 0 Å². The SMILES string of the molecule is [CH2-]S(=O)(=O)Cc1ccc2nc(-c3ccccc3)c3ccc(CS(=O)(=O)CC)cc3c2c1. The van der Waals surface area contributed by atoms with Crippen LogP contribution in [0.4, 0.5) is 0 Å². The summed E-state index contributed by atoms with van der Waals surface area (Å²) >= 11 is 0. The van der Waals surface area contributed by atoms with Gasteiger partial charge in [0.05, 0.1) is 17.0 Å². The van der Waals surface area contributed by atoms with Gasteiger partial charge in [-0.2, -0.15) is 0 Å². The molecule has 0 aliphatic carbocycles. The van der Waals surface area contributed by atoms with Crippen LogP contribution in [0.2, 0.25) is 0 Å². The van der Waals surface area contributed by atoms with Gasteiger partial charge in [-0.3, -0.25) is 8.42 Å². The largest absolute Gasteiger partial charge is 0.262 e. The number of hydrogen-bond donors (Lipinski definition) is 0. The lowest BCUT2D eigenvalue weighted by Crippen LogP contribution is -2.06. The van der Waals surface area contributed by atoms with Crippen molar-refractivity contribution in [2.45, 2.75) is 18.4 Å². The molecule has 3 aromatic carbocycles. The van der Waals surface area contributed by atoms with E-state index < -0.39 is 19.7 Å². The number of fused-ring (bicyclic) bond motifs is 3. The van der Waals surface area contributed by atoms with Crippen molar-refractivity contribution in [3.63, 3.8) is 0 Å². The maximum atomic E-state index is 12.2. The van der Waals surface area contributed by atoms with E-state index in [1.54, 1.807) is 25.1 Å². The van der Waals surface area contributed by atoms with Gasteiger partial charge < -0.3 is 0 Å². The van der Waals surface area contributed by atoms with Crippen molar-refractivity contribution in [3.05, 3.63) is 84.1 Å². The average Bonchev–Trinajstić information content (AvgIpc) is 2.72. The predicted molar refractivity (Wildman–Crippen MR) is 126 cm³/mol. The van der Waals surface area contributed by atoms with Gasteiger partial charge in [0.2, 0.25) is 0 Å². The molecule has 0 radical (unpaired) electrons.